The molecule has 0 bridgehead atoms. The third-order valence-electron chi connectivity index (χ3n) is 2.15. The molecule has 0 N–H and O–H groups in total. The minimum absolute atomic E-state index is 0.0172. The Labute approximate surface area is 86.9 Å². The highest BCUT2D eigenvalue weighted by Gasteiger charge is 2.12. The summed E-state index contributed by atoms with van der Waals surface area (Å²) in [6.07, 6.45) is 0.519. The van der Waals surface area contributed by atoms with E-state index in [1.807, 2.05) is 0 Å². The summed E-state index contributed by atoms with van der Waals surface area (Å²) in [4.78, 5) is 21.7. The van der Waals surface area contributed by atoms with Crippen LogP contribution in [-0.4, -0.2) is 19.4 Å². The average molecular weight is 210 g/mol. The van der Waals surface area contributed by atoms with Crippen molar-refractivity contribution >= 4 is 12.3 Å². The second-order valence-electron chi connectivity index (χ2n) is 3.16. The van der Waals surface area contributed by atoms with E-state index in [0.717, 1.165) is 6.07 Å². The molecule has 4 heteroatoms. The lowest BCUT2D eigenvalue weighted by atomic mass is 9.99. The fraction of sp³-hybridized carbons (Fsp3) is 0.273. The number of hydrogen-bond donors (Lipinski definition) is 0. The van der Waals surface area contributed by atoms with Gasteiger partial charge >= 0.3 is 5.97 Å². The van der Waals surface area contributed by atoms with E-state index >= 15 is 0 Å². The highest BCUT2D eigenvalue weighted by Crippen LogP contribution is 2.16. The van der Waals surface area contributed by atoms with Crippen LogP contribution in [0.15, 0.2) is 12.1 Å². The molecule has 0 unspecified atom stereocenters. The summed E-state index contributed by atoms with van der Waals surface area (Å²) in [6, 6.07) is 2.39. The molecule has 0 aliphatic rings. The number of rotatable bonds is 3. The molecule has 0 spiro atoms. The molecule has 0 radical (unpaired) electrons. The van der Waals surface area contributed by atoms with Crippen molar-refractivity contribution in [2.24, 2.45) is 0 Å². The number of carbonyl (C=O) groups is 2. The Bertz CT molecular complexity index is 399. The lowest BCUT2D eigenvalue weighted by molar-refractivity contribution is -0.139. The molecule has 80 valence electrons. The number of methoxy groups -OCH3 is 1. The average Bonchev–Trinajstić information content (AvgIpc) is 2.21. The molecular weight excluding hydrogens is 199 g/mol. The van der Waals surface area contributed by atoms with Gasteiger partial charge in [-0.1, -0.05) is 0 Å². The van der Waals surface area contributed by atoms with Gasteiger partial charge in [0.15, 0.2) is 0 Å². The van der Waals surface area contributed by atoms with Crippen LogP contribution in [0, 0.1) is 12.7 Å². The number of carbonyl (C=O) groups excluding carboxylic acids is 2. The van der Waals surface area contributed by atoms with E-state index in [2.05, 4.69) is 4.74 Å². The maximum Gasteiger partial charge on any atom is 0.310 e. The first kappa shape index (κ1) is 11.4. The predicted molar refractivity (Wildman–Crippen MR) is 52.2 cm³/mol. The zero-order chi connectivity index (χ0) is 11.4. The molecule has 0 atom stereocenters. The highest BCUT2D eigenvalue weighted by atomic mass is 19.1. The first-order valence-corrected chi connectivity index (χ1v) is 4.39. The van der Waals surface area contributed by atoms with Gasteiger partial charge in [0, 0.05) is 5.56 Å². The minimum atomic E-state index is -0.483. The number of halogens is 1. The van der Waals surface area contributed by atoms with Gasteiger partial charge in [-0.15, -0.1) is 0 Å². The minimum Gasteiger partial charge on any atom is -0.469 e. The molecule has 15 heavy (non-hydrogen) atoms. The normalized spacial score (nSPS) is 9.80. The molecule has 3 nitrogen and oxygen atoms in total. The van der Waals surface area contributed by atoms with Gasteiger partial charge in [0.05, 0.1) is 13.5 Å². The van der Waals surface area contributed by atoms with Gasteiger partial charge < -0.3 is 4.74 Å². The fourth-order valence-electron chi connectivity index (χ4n) is 1.36. The SMILES string of the molecule is COC(=O)Cc1c(C)cc(F)cc1C=O. The van der Waals surface area contributed by atoms with Crippen LogP contribution >= 0.6 is 0 Å². The molecular formula is C11H11FO3. The van der Waals surface area contributed by atoms with Crippen LogP contribution in [0.3, 0.4) is 0 Å². The van der Waals surface area contributed by atoms with Gasteiger partial charge in [0.1, 0.15) is 12.1 Å². The van der Waals surface area contributed by atoms with E-state index in [1.165, 1.54) is 13.2 Å². The third-order valence-corrected chi connectivity index (χ3v) is 2.15. The molecule has 0 amide bonds. The Balaban J connectivity index is 3.15. The second kappa shape index (κ2) is 4.68. The summed E-state index contributed by atoms with van der Waals surface area (Å²) in [7, 11) is 1.27. The van der Waals surface area contributed by atoms with Gasteiger partial charge in [-0.25, -0.2) is 4.39 Å². The second-order valence-corrected chi connectivity index (χ2v) is 3.16. The van der Waals surface area contributed by atoms with Crippen molar-refractivity contribution in [3.8, 4) is 0 Å². The summed E-state index contributed by atoms with van der Waals surface area (Å²) in [5.41, 5.74) is 1.28. The monoisotopic (exact) mass is 210 g/mol. The van der Waals surface area contributed by atoms with Crippen molar-refractivity contribution in [1.29, 1.82) is 0 Å². The van der Waals surface area contributed by atoms with Crippen molar-refractivity contribution in [3.63, 3.8) is 0 Å². The summed E-state index contributed by atoms with van der Waals surface area (Å²) in [5, 5.41) is 0. The van der Waals surface area contributed by atoms with Gasteiger partial charge in [-0.2, -0.15) is 0 Å². The number of hydrogen-bond acceptors (Lipinski definition) is 3. The Kier molecular flexibility index (Phi) is 3.55. The maximum atomic E-state index is 12.9. The fourth-order valence-corrected chi connectivity index (χ4v) is 1.36. The van der Waals surface area contributed by atoms with Crippen molar-refractivity contribution in [3.05, 3.63) is 34.6 Å². The van der Waals surface area contributed by atoms with E-state index < -0.39 is 11.8 Å². The van der Waals surface area contributed by atoms with Crippen LogP contribution in [0.25, 0.3) is 0 Å². The first-order valence-electron chi connectivity index (χ1n) is 4.39. The van der Waals surface area contributed by atoms with Crippen LogP contribution in [0.2, 0.25) is 0 Å². The molecule has 0 aliphatic heterocycles. The first-order chi connectivity index (χ1) is 7.08. The topological polar surface area (TPSA) is 43.4 Å². The molecule has 0 heterocycles. The Morgan fingerprint density at radius 3 is 2.73 bits per heavy atom. The highest BCUT2D eigenvalue weighted by molar-refractivity contribution is 5.82. The molecule has 0 aromatic heterocycles. The number of aldehydes is 1. The summed E-state index contributed by atoms with van der Waals surface area (Å²) in [6.45, 7) is 1.65. The van der Waals surface area contributed by atoms with Crippen molar-refractivity contribution in [1.82, 2.24) is 0 Å². The molecule has 0 aliphatic carbocycles. The van der Waals surface area contributed by atoms with E-state index in [9.17, 15) is 14.0 Å². The summed E-state index contributed by atoms with van der Waals surface area (Å²) < 4.78 is 17.4. The zero-order valence-electron chi connectivity index (χ0n) is 8.54. The number of aryl methyl sites for hydroxylation is 1. The van der Waals surface area contributed by atoms with Crippen molar-refractivity contribution < 1.29 is 18.7 Å². The van der Waals surface area contributed by atoms with Crippen molar-refractivity contribution in [2.45, 2.75) is 13.3 Å². The van der Waals surface area contributed by atoms with Crippen LogP contribution in [0.5, 0.6) is 0 Å². The predicted octanol–water partition coefficient (Wildman–Crippen LogP) is 1.66. The van der Waals surface area contributed by atoms with Crippen LogP contribution < -0.4 is 0 Å². The lowest BCUT2D eigenvalue weighted by Gasteiger charge is -2.07. The van der Waals surface area contributed by atoms with E-state index in [-0.39, 0.29) is 12.0 Å². The number of benzene rings is 1. The number of esters is 1. The van der Waals surface area contributed by atoms with Crippen LogP contribution in [0.4, 0.5) is 4.39 Å². The quantitative estimate of drug-likeness (QED) is 0.563. The Morgan fingerprint density at radius 1 is 1.53 bits per heavy atom. The zero-order valence-corrected chi connectivity index (χ0v) is 8.54. The molecule has 0 fully saturated rings. The maximum absolute atomic E-state index is 12.9. The molecule has 1 aromatic carbocycles. The van der Waals surface area contributed by atoms with Gasteiger partial charge in [-0.3, -0.25) is 9.59 Å². The molecule has 1 rings (SSSR count). The van der Waals surface area contributed by atoms with Crippen LogP contribution in [0.1, 0.15) is 21.5 Å². The largest absolute Gasteiger partial charge is 0.469 e. The number of ether oxygens (including phenoxy) is 1. The Morgan fingerprint density at radius 2 is 2.20 bits per heavy atom. The summed E-state index contributed by atoms with van der Waals surface area (Å²) in [5.74, 6) is -0.934. The van der Waals surface area contributed by atoms with E-state index in [4.69, 9.17) is 0 Å². The Hall–Kier alpha value is -1.71. The lowest BCUT2D eigenvalue weighted by Crippen LogP contribution is -2.08. The summed E-state index contributed by atoms with van der Waals surface area (Å²) >= 11 is 0. The van der Waals surface area contributed by atoms with E-state index in [0.29, 0.717) is 17.4 Å². The molecule has 0 saturated carbocycles. The molecule has 1 aromatic rings. The van der Waals surface area contributed by atoms with Crippen LogP contribution in [-0.2, 0) is 16.0 Å². The van der Waals surface area contributed by atoms with Gasteiger partial charge in [0.25, 0.3) is 0 Å². The van der Waals surface area contributed by atoms with Crippen molar-refractivity contribution in [2.75, 3.05) is 7.11 Å². The molecule has 0 saturated heterocycles. The van der Waals surface area contributed by atoms with Gasteiger partial charge in [0.2, 0.25) is 0 Å². The smallest absolute Gasteiger partial charge is 0.310 e. The van der Waals surface area contributed by atoms with Gasteiger partial charge in [-0.05, 0) is 30.2 Å². The van der Waals surface area contributed by atoms with E-state index in [1.54, 1.807) is 6.92 Å². The standard InChI is InChI=1S/C11H11FO3/c1-7-3-9(12)4-8(6-13)10(7)5-11(14)15-2/h3-4,6H,5H2,1-2H3. The third kappa shape index (κ3) is 2.62.